The normalized spacial score (nSPS) is 11.2. The number of nitrogens with zero attached hydrogens (tertiary/aromatic N) is 2. The fraction of sp³-hybridized carbons (Fsp3) is 0.571. The Bertz CT molecular complexity index is 410. The third kappa shape index (κ3) is 4.87. The van der Waals surface area contributed by atoms with Crippen molar-refractivity contribution in [3.05, 3.63) is 24.0 Å². The van der Waals surface area contributed by atoms with Crippen molar-refractivity contribution < 1.29 is 9.90 Å². The van der Waals surface area contributed by atoms with E-state index in [4.69, 9.17) is 0 Å². The van der Waals surface area contributed by atoms with Crippen LogP contribution in [0.15, 0.2) is 18.3 Å². The predicted octanol–water partition coefficient (Wildman–Crippen LogP) is 1.75. The molecule has 1 aromatic rings. The van der Waals surface area contributed by atoms with Crippen molar-refractivity contribution in [1.29, 1.82) is 0 Å². The number of hydrogen-bond acceptors (Lipinski definition) is 4. The molecule has 0 aliphatic rings. The van der Waals surface area contributed by atoms with Crippen LogP contribution >= 0.6 is 0 Å². The van der Waals surface area contributed by atoms with E-state index in [1.165, 1.54) is 0 Å². The quantitative estimate of drug-likeness (QED) is 0.822. The summed E-state index contributed by atoms with van der Waals surface area (Å²) in [5, 5.41) is 12.9. The Morgan fingerprint density at radius 3 is 2.53 bits per heavy atom. The molecule has 0 aliphatic carbocycles. The van der Waals surface area contributed by atoms with E-state index in [-0.39, 0.29) is 5.91 Å². The third-order valence-electron chi connectivity index (χ3n) is 2.61. The van der Waals surface area contributed by atoms with Gasteiger partial charge in [-0.1, -0.05) is 0 Å². The van der Waals surface area contributed by atoms with E-state index >= 15 is 0 Å². The summed E-state index contributed by atoms with van der Waals surface area (Å²) in [6.07, 6.45) is 1.65. The van der Waals surface area contributed by atoms with Crippen LogP contribution in [0.1, 0.15) is 38.2 Å². The lowest BCUT2D eigenvalue weighted by molar-refractivity contribution is 0.0311. The van der Waals surface area contributed by atoms with Crippen molar-refractivity contribution in [1.82, 2.24) is 9.88 Å². The molecule has 0 atom stereocenters. The number of aliphatic hydroxyl groups is 1. The van der Waals surface area contributed by atoms with Gasteiger partial charge in [-0.2, -0.15) is 0 Å². The number of carbonyl (C=O) groups excluding carboxylic acids is 1. The molecule has 19 heavy (non-hydrogen) atoms. The van der Waals surface area contributed by atoms with E-state index in [2.05, 4.69) is 10.3 Å². The average molecular weight is 265 g/mol. The number of nitrogens with one attached hydrogen (secondary N) is 1. The highest BCUT2D eigenvalue weighted by Crippen LogP contribution is 2.11. The van der Waals surface area contributed by atoms with Crippen molar-refractivity contribution in [2.24, 2.45) is 0 Å². The molecule has 2 N–H and O–H groups in total. The largest absolute Gasteiger partial charge is 0.389 e. The van der Waals surface area contributed by atoms with Crippen LogP contribution < -0.4 is 5.32 Å². The maximum absolute atomic E-state index is 12.3. The Kier molecular flexibility index (Phi) is 5.30. The molecule has 1 heterocycles. The summed E-state index contributed by atoms with van der Waals surface area (Å²) in [5.41, 5.74) is 0.382. The zero-order valence-corrected chi connectivity index (χ0v) is 12.1. The van der Waals surface area contributed by atoms with Crippen LogP contribution in [0, 0.1) is 0 Å². The SMILES string of the molecule is CCNc1ccc(C(=O)N(CC)CC(C)(C)O)nc1. The molecular formula is C14H23N3O2. The maximum Gasteiger partial charge on any atom is 0.272 e. The van der Waals surface area contributed by atoms with Gasteiger partial charge in [0.1, 0.15) is 5.69 Å². The Morgan fingerprint density at radius 1 is 1.42 bits per heavy atom. The molecule has 0 aliphatic heterocycles. The summed E-state index contributed by atoms with van der Waals surface area (Å²) in [6, 6.07) is 3.54. The van der Waals surface area contributed by atoms with E-state index in [0.29, 0.717) is 18.8 Å². The fourth-order valence-electron chi connectivity index (χ4n) is 1.79. The number of carbonyl (C=O) groups is 1. The van der Waals surface area contributed by atoms with Crippen LogP contribution in [0.3, 0.4) is 0 Å². The van der Waals surface area contributed by atoms with Gasteiger partial charge in [0, 0.05) is 19.6 Å². The van der Waals surface area contributed by atoms with Crippen molar-refractivity contribution in [3.63, 3.8) is 0 Å². The van der Waals surface area contributed by atoms with Crippen LogP contribution in [0.4, 0.5) is 5.69 Å². The summed E-state index contributed by atoms with van der Waals surface area (Å²) in [7, 11) is 0. The minimum atomic E-state index is -0.907. The van der Waals surface area contributed by atoms with Gasteiger partial charge in [0.15, 0.2) is 0 Å². The van der Waals surface area contributed by atoms with Gasteiger partial charge in [-0.3, -0.25) is 4.79 Å². The average Bonchev–Trinajstić information content (AvgIpc) is 2.35. The zero-order valence-electron chi connectivity index (χ0n) is 12.1. The van der Waals surface area contributed by atoms with Gasteiger partial charge in [-0.05, 0) is 39.8 Å². The molecular weight excluding hydrogens is 242 g/mol. The number of aromatic nitrogens is 1. The number of rotatable bonds is 6. The minimum absolute atomic E-state index is 0.160. The van der Waals surface area contributed by atoms with Gasteiger partial charge in [0.2, 0.25) is 0 Å². The molecule has 0 radical (unpaired) electrons. The topological polar surface area (TPSA) is 65.5 Å². The maximum atomic E-state index is 12.3. The minimum Gasteiger partial charge on any atom is -0.389 e. The molecule has 1 amide bonds. The summed E-state index contributed by atoms with van der Waals surface area (Å²) in [4.78, 5) is 18.0. The van der Waals surface area contributed by atoms with Gasteiger partial charge in [0.05, 0.1) is 17.5 Å². The Labute approximate surface area is 114 Å². The monoisotopic (exact) mass is 265 g/mol. The second kappa shape index (κ2) is 6.52. The lowest BCUT2D eigenvalue weighted by Crippen LogP contribution is -2.42. The van der Waals surface area contributed by atoms with E-state index in [1.54, 1.807) is 31.0 Å². The Balaban J connectivity index is 2.79. The first-order valence-electron chi connectivity index (χ1n) is 6.59. The van der Waals surface area contributed by atoms with Crippen LogP contribution in [-0.4, -0.2) is 46.1 Å². The summed E-state index contributed by atoms with van der Waals surface area (Å²) < 4.78 is 0. The Hall–Kier alpha value is -1.62. The van der Waals surface area contributed by atoms with E-state index in [1.807, 2.05) is 19.9 Å². The number of anilines is 1. The molecule has 0 aromatic carbocycles. The molecule has 0 spiro atoms. The summed E-state index contributed by atoms with van der Waals surface area (Å²) >= 11 is 0. The zero-order chi connectivity index (χ0) is 14.5. The Morgan fingerprint density at radius 2 is 2.11 bits per heavy atom. The van der Waals surface area contributed by atoms with Crippen molar-refractivity contribution >= 4 is 11.6 Å². The van der Waals surface area contributed by atoms with Crippen LogP contribution in [-0.2, 0) is 0 Å². The van der Waals surface area contributed by atoms with Crippen molar-refractivity contribution in [2.75, 3.05) is 25.0 Å². The summed E-state index contributed by atoms with van der Waals surface area (Å²) in [5.74, 6) is -0.160. The number of likely N-dealkylation sites (N-methyl/N-ethyl adjacent to an activating group) is 1. The fourth-order valence-corrected chi connectivity index (χ4v) is 1.79. The van der Waals surface area contributed by atoms with Crippen molar-refractivity contribution in [3.8, 4) is 0 Å². The van der Waals surface area contributed by atoms with Gasteiger partial charge in [-0.15, -0.1) is 0 Å². The first-order chi connectivity index (χ1) is 8.87. The van der Waals surface area contributed by atoms with E-state index < -0.39 is 5.60 Å². The number of hydrogen-bond donors (Lipinski definition) is 2. The summed E-state index contributed by atoms with van der Waals surface area (Å²) in [6.45, 7) is 8.90. The second-order valence-corrected chi connectivity index (χ2v) is 5.09. The molecule has 0 fully saturated rings. The molecule has 0 unspecified atom stereocenters. The van der Waals surface area contributed by atoms with E-state index in [0.717, 1.165) is 12.2 Å². The van der Waals surface area contributed by atoms with Gasteiger partial charge < -0.3 is 15.3 Å². The first-order valence-corrected chi connectivity index (χ1v) is 6.59. The second-order valence-electron chi connectivity index (χ2n) is 5.09. The number of pyridine rings is 1. The molecule has 0 bridgehead atoms. The molecule has 0 saturated heterocycles. The highest BCUT2D eigenvalue weighted by atomic mass is 16.3. The lowest BCUT2D eigenvalue weighted by atomic mass is 10.1. The van der Waals surface area contributed by atoms with Gasteiger partial charge >= 0.3 is 0 Å². The highest BCUT2D eigenvalue weighted by molar-refractivity contribution is 5.92. The first kappa shape index (κ1) is 15.4. The predicted molar refractivity (Wildman–Crippen MR) is 76.3 cm³/mol. The molecule has 5 heteroatoms. The molecule has 106 valence electrons. The molecule has 1 rings (SSSR count). The lowest BCUT2D eigenvalue weighted by Gasteiger charge is -2.27. The van der Waals surface area contributed by atoms with Crippen LogP contribution in [0.2, 0.25) is 0 Å². The highest BCUT2D eigenvalue weighted by Gasteiger charge is 2.22. The van der Waals surface area contributed by atoms with Crippen LogP contribution in [0.5, 0.6) is 0 Å². The molecule has 5 nitrogen and oxygen atoms in total. The van der Waals surface area contributed by atoms with Gasteiger partial charge in [0.25, 0.3) is 5.91 Å². The van der Waals surface area contributed by atoms with Gasteiger partial charge in [-0.25, -0.2) is 4.98 Å². The number of amides is 1. The smallest absolute Gasteiger partial charge is 0.272 e. The molecule has 1 aromatic heterocycles. The van der Waals surface area contributed by atoms with Crippen LogP contribution in [0.25, 0.3) is 0 Å². The molecule has 0 saturated carbocycles. The van der Waals surface area contributed by atoms with E-state index in [9.17, 15) is 9.90 Å². The standard InChI is InChI=1S/C14H23N3O2/c1-5-15-11-7-8-12(16-9-11)13(18)17(6-2)10-14(3,4)19/h7-9,15,19H,5-6,10H2,1-4H3. The van der Waals surface area contributed by atoms with Crippen molar-refractivity contribution in [2.45, 2.75) is 33.3 Å². The third-order valence-corrected chi connectivity index (χ3v) is 2.61.